The molecule has 0 aliphatic heterocycles. The fourth-order valence-electron chi connectivity index (χ4n) is 1.33. The Morgan fingerprint density at radius 1 is 1.29 bits per heavy atom. The highest BCUT2D eigenvalue weighted by atomic mass is 16.5. The van der Waals surface area contributed by atoms with Crippen molar-refractivity contribution in [1.82, 2.24) is 15.5 Å². The van der Waals surface area contributed by atoms with Gasteiger partial charge in [0.15, 0.2) is 5.82 Å². The van der Waals surface area contributed by atoms with Crippen molar-refractivity contribution in [1.29, 1.82) is 0 Å². The van der Waals surface area contributed by atoms with Crippen molar-refractivity contribution in [3.63, 3.8) is 0 Å². The zero-order valence-electron chi connectivity index (χ0n) is 11.0. The van der Waals surface area contributed by atoms with Gasteiger partial charge in [0.05, 0.1) is 6.61 Å². The Hall–Kier alpha value is -0.940. The first-order chi connectivity index (χ1) is 8.18. The average molecular weight is 241 g/mol. The Kier molecular flexibility index (Phi) is 6.81. The largest absolute Gasteiger partial charge is 0.380 e. The van der Waals surface area contributed by atoms with Crippen LogP contribution < -0.4 is 5.32 Å². The number of rotatable bonds is 9. The number of nitrogens with one attached hydrogen (secondary N) is 1. The molecule has 5 heteroatoms. The molecule has 0 saturated carbocycles. The lowest BCUT2D eigenvalue weighted by molar-refractivity contribution is 0.125. The highest BCUT2D eigenvalue weighted by Crippen LogP contribution is 1.98. The van der Waals surface area contributed by atoms with Gasteiger partial charge in [0.25, 0.3) is 0 Å². The van der Waals surface area contributed by atoms with Crippen molar-refractivity contribution in [2.45, 2.75) is 33.6 Å². The second-order valence-electron chi connectivity index (χ2n) is 4.52. The molecule has 0 unspecified atom stereocenters. The Balaban J connectivity index is 1.88. The second kappa shape index (κ2) is 8.20. The van der Waals surface area contributed by atoms with Gasteiger partial charge in [-0.2, -0.15) is 4.98 Å². The third kappa shape index (κ3) is 7.07. The lowest BCUT2D eigenvalue weighted by Crippen LogP contribution is -2.22. The Labute approximate surface area is 103 Å². The van der Waals surface area contributed by atoms with Gasteiger partial charge in [-0.15, -0.1) is 0 Å². The van der Waals surface area contributed by atoms with Gasteiger partial charge in [0, 0.05) is 33.0 Å². The van der Waals surface area contributed by atoms with E-state index < -0.39 is 0 Å². The van der Waals surface area contributed by atoms with Crippen LogP contribution in [0.2, 0.25) is 0 Å². The maximum Gasteiger partial charge on any atom is 0.223 e. The van der Waals surface area contributed by atoms with Crippen molar-refractivity contribution >= 4 is 0 Å². The van der Waals surface area contributed by atoms with Gasteiger partial charge in [-0.3, -0.25) is 0 Å². The molecule has 0 aromatic carbocycles. The summed E-state index contributed by atoms with van der Waals surface area (Å²) in [6, 6.07) is 0. The van der Waals surface area contributed by atoms with Crippen LogP contribution in [0.1, 0.15) is 32.0 Å². The molecule has 1 N–H and O–H groups in total. The van der Waals surface area contributed by atoms with Gasteiger partial charge in [-0.25, -0.2) is 0 Å². The Morgan fingerprint density at radius 3 is 2.76 bits per heavy atom. The molecule has 0 amide bonds. The maximum absolute atomic E-state index is 5.49. The van der Waals surface area contributed by atoms with Crippen molar-refractivity contribution < 1.29 is 9.26 Å². The predicted octanol–water partition coefficient (Wildman–Crippen LogP) is 1.57. The van der Waals surface area contributed by atoms with Gasteiger partial charge in [0.1, 0.15) is 0 Å². The fraction of sp³-hybridized carbons (Fsp3) is 0.833. The smallest absolute Gasteiger partial charge is 0.223 e. The molecule has 0 spiro atoms. The number of aryl methyl sites for hydroxylation is 1. The molecular weight excluding hydrogens is 218 g/mol. The Bertz CT molecular complexity index is 300. The first-order valence-electron chi connectivity index (χ1n) is 6.26. The van der Waals surface area contributed by atoms with Gasteiger partial charge in [0.2, 0.25) is 5.89 Å². The summed E-state index contributed by atoms with van der Waals surface area (Å²) < 4.78 is 10.4. The lowest BCUT2D eigenvalue weighted by Gasteiger charge is -2.06. The van der Waals surface area contributed by atoms with E-state index in [-0.39, 0.29) is 0 Å². The van der Waals surface area contributed by atoms with E-state index in [0.717, 1.165) is 45.0 Å². The van der Waals surface area contributed by atoms with Crippen LogP contribution in [0.25, 0.3) is 0 Å². The molecule has 1 heterocycles. The van der Waals surface area contributed by atoms with E-state index in [4.69, 9.17) is 9.26 Å². The van der Waals surface area contributed by atoms with Gasteiger partial charge < -0.3 is 14.6 Å². The van der Waals surface area contributed by atoms with Crippen LogP contribution in [0.3, 0.4) is 0 Å². The molecule has 98 valence electrons. The molecule has 0 saturated heterocycles. The monoisotopic (exact) mass is 241 g/mol. The van der Waals surface area contributed by atoms with E-state index in [2.05, 4.69) is 29.3 Å². The Morgan fingerprint density at radius 2 is 2.12 bits per heavy atom. The number of aromatic nitrogens is 2. The molecule has 1 aromatic rings. The van der Waals surface area contributed by atoms with Crippen LogP contribution in [-0.4, -0.2) is 36.4 Å². The first-order valence-corrected chi connectivity index (χ1v) is 6.26. The third-order valence-corrected chi connectivity index (χ3v) is 2.36. The van der Waals surface area contributed by atoms with Crippen LogP contribution >= 0.6 is 0 Å². The van der Waals surface area contributed by atoms with E-state index >= 15 is 0 Å². The summed E-state index contributed by atoms with van der Waals surface area (Å²) in [5.41, 5.74) is 0. The van der Waals surface area contributed by atoms with Crippen LogP contribution in [0.4, 0.5) is 0 Å². The lowest BCUT2D eigenvalue weighted by atomic mass is 10.1. The van der Waals surface area contributed by atoms with Gasteiger partial charge in [-0.05, 0) is 12.3 Å². The molecule has 1 rings (SSSR count). The zero-order chi connectivity index (χ0) is 12.5. The van der Waals surface area contributed by atoms with Crippen LogP contribution in [-0.2, 0) is 11.2 Å². The SMILES string of the molecule is Cc1nc(CCNCCOCCC(C)C)no1. The summed E-state index contributed by atoms with van der Waals surface area (Å²) in [5, 5.41) is 7.11. The number of ether oxygens (including phenoxy) is 1. The van der Waals surface area contributed by atoms with Crippen LogP contribution in [0.15, 0.2) is 4.52 Å². The normalized spacial score (nSPS) is 11.3. The molecule has 17 heavy (non-hydrogen) atoms. The highest BCUT2D eigenvalue weighted by Gasteiger charge is 2.00. The van der Waals surface area contributed by atoms with Crippen LogP contribution in [0, 0.1) is 12.8 Å². The van der Waals surface area contributed by atoms with Crippen molar-refractivity contribution in [3.8, 4) is 0 Å². The zero-order valence-corrected chi connectivity index (χ0v) is 11.0. The van der Waals surface area contributed by atoms with Gasteiger partial charge >= 0.3 is 0 Å². The highest BCUT2D eigenvalue weighted by molar-refractivity contribution is 4.84. The fourth-order valence-corrected chi connectivity index (χ4v) is 1.33. The molecule has 1 aromatic heterocycles. The van der Waals surface area contributed by atoms with Crippen molar-refractivity contribution in [3.05, 3.63) is 11.7 Å². The van der Waals surface area contributed by atoms with E-state index in [1.807, 2.05) is 0 Å². The number of nitrogens with zero attached hydrogens (tertiary/aromatic N) is 2. The van der Waals surface area contributed by atoms with E-state index in [1.54, 1.807) is 6.92 Å². The summed E-state index contributed by atoms with van der Waals surface area (Å²) in [6.07, 6.45) is 1.92. The first kappa shape index (κ1) is 14.1. The minimum Gasteiger partial charge on any atom is -0.380 e. The molecular formula is C12H23N3O2. The summed E-state index contributed by atoms with van der Waals surface area (Å²) in [7, 11) is 0. The quantitative estimate of drug-likeness (QED) is 0.665. The number of hydrogen-bond acceptors (Lipinski definition) is 5. The molecule has 5 nitrogen and oxygen atoms in total. The molecule has 0 bridgehead atoms. The van der Waals surface area contributed by atoms with E-state index in [1.165, 1.54) is 0 Å². The third-order valence-electron chi connectivity index (χ3n) is 2.36. The van der Waals surface area contributed by atoms with Crippen molar-refractivity contribution in [2.75, 3.05) is 26.3 Å². The molecule has 0 radical (unpaired) electrons. The van der Waals surface area contributed by atoms with Crippen LogP contribution in [0.5, 0.6) is 0 Å². The van der Waals surface area contributed by atoms with E-state index in [9.17, 15) is 0 Å². The topological polar surface area (TPSA) is 60.2 Å². The molecule has 0 aliphatic rings. The second-order valence-corrected chi connectivity index (χ2v) is 4.52. The summed E-state index contributed by atoms with van der Waals surface area (Å²) >= 11 is 0. The predicted molar refractivity (Wildman–Crippen MR) is 65.9 cm³/mol. The maximum atomic E-state index is 5.49. The minimum absolute atomic E-state index is 0.622. The summed E-state index contributed by atoms with van der Waals surface area (Å²) in [5.74, 6) is 2.09. The minimum atomic E-state index is 0.622. The standard InChI is InChI=1S/C12H23N3O2/c1-10(2)5-8-16-9-7-13-6-4-12-14-11(3)17-15-12/h10,13H,4-9H2,1-3H3. The van der Waals surface area contributed by atoms with Crippen molar-refractivity contribution in [2.24, 2.45) is 5.92 Å². The summed E-state index contributed by atoms with van der Waals surface area (Å²) in [4.78, 5) is 4.13. The number of hydrogen-bond donors (Lipinski definition) is 1. The molecule has 0 atom stereocenters. The summed E-state index contributed by atoms with van der Waals surface area (Å²) in [6.45, 7) is 9.54. The van der Waals surface area contributed by atoms with E-state index in [0.29, 0.717) is 11.8 Å². The molecule has 0 aliphatic carbocycles. The van der Waals surface area contributed by atoms with Gasteiger partial charge in [-0.1, -0.05) is 19.0 Å². The average Bonchev–Trinajstić information content (AvgIpc) is 2.68. The molecule has 0 fully saturated rings.